The number of nitrogens with one attached hydrogen (secondary N) is 1. The summed E-state index contributed by atoms with van der Waals surface area (Å²) in [6, 6.07) is 15.8. The van der Waals surface area contributed by atoms with Crippen molar-refractivity contribution in [3.8, 4) is 11.1 Å². The fraction of sp³-hybridized carbons (Fsp3) is 0.292. The second-order valence-corrected chi connectivity index (χ2v) is 7.56. The van der Waals surface area contributed by atoms with Gasteiger partial charge in [-0.05, 0) is 35.6 Å². The predicted molar refractivity (Wildman–Crippen MR) is 115 cm³/mol. The Morgan fingerprint density at radius 3 is 2.19 bits per heavy atom. The zero-order valence-electron chi connectivity index (χ0n) is 17.3. The number of esters is 1. The summed E-state index contributed by atoms with van der Waals surface area (Å²) in [4.78, 5) is 35.9. The summed E-state index contributed by atoms with van der Waals surface area (Å²) in [5.74, 6) is -1.97. The summed E-state index contributed by atoms with van der Waals surface area (Å²) in [5.41, 5.74) is 2.64. The first-order chi connectivity index (χ1) is 14.9. The lowest BCUT2D eigenvalue weighted by Crippen LogP contribution is -2.52. The van der Waals surface area contributed by atoms with E-state index in [9.17, 15) is 19.5 Å². The third-order valence-corrected chi connectivity index (χ3v) is 5.38. The molecule has 0 saturated heterocycles. The van der Waals surface area contributed by atoms with E-state index in [0.29, 0.717) is 0 Å². The Morgan fingerprint density at radius 2 is 1.65 bits per heavy atom. The van der Waals surface area contributed by atoms with Gasteiger partial charge in [-0.1, -0.05) is 61.2 Å². The van der Waals surface area contributed by atoms with Gasteiger partial charge in [0.05, 0.1) is 0 Å². The molecule has 3 rings (SSSR count). The number of aliphatic carboxylic acids is 1. The molecule has 162 valence electrons. The summed E-state index contributed by atoms with van der Waals surface area (Å²) in [6.45, 7) is 4.89. The van der Waals surface area contributed by atoms with Gasteiger partial charge < -0.3 is 19.9 Å². The highest BCUT2D eigenvalue weighted by atomic mass is 16.5. The van der Waals surface area contributed by atoms with Crippen LogP contribution in [0.25, 0.3) is 11.1 Å². The first-order valence-corrected chi connectivity index (χ1v) is 9.99. The number of amides is 1. The molecule has 1 aliphatic carbocycles. The molecular formula is C24H25NO6. The largest absolute Gasteiger partial charge is 0.480 e. The molecular weight excluding hydrogens is 398 g/mol. The van der Waals surface area contributed by atoms with Crippen LogP contribution in [0.1, 0.15) is 36.8 Å². The number of alkyl carbamates (subject to hydrolysis) is 1. The summed E-state index contributed by atoms with van der Waals surface area (Å²) >= 11 is 0. The van der Waals surface area contributed by atoms with Crippen LogP contribution in [-0.4, -0.2) is 41.9 Å². The number of hydrogen-bond acceptors (Lipinski definition) is 5. The van der Waals surface area contributed by atoms with Gasteiger partial charge in [-0.3, -0.25) is 4.79 Å². The minimum atomic E-state index is -1.67. The Kier molecular flexibility index (Phi) is 6.74. The molecule has 1 atom stereocenters. The van der Waals surface area contributed by atoms with Crippen molar-refractivity contribution in [3.05, 3.63) is 72.3 Å². The number of benzene rings is 2. The number of fused-ring (bicyclic) bond motifs is 3. The fourth-order valence-electron chi connectivity index (χ4n) is 3.66. The quantitative estimate of drug-likeness (QED) is 0.469. The van der Waals surface area contributed by atoms with Gasteiger partial charge in [0.15, 0.2) is 0 Å². The number of hydrogen-bond donors (Lipinski definition) is 2. The first-order valence-electron chi connectivity index (χ1n) is 9.99. The zero-order chi connectivity index (χ0) is 22.4. The van der Waals surface area contributed by atoms with Gasteiger partial charge >= 0.3 is 18.0 Å². The Bertz CT molecular complexity index is 956. The molecule has 7 nitrogen and oxygen atoms in total. The molecule has 31 heavy (non-hydrogen) atoms. The van der Waals surface area contributed by atoms with Crippen LogP contribution >= 0.6 is 0 Å². The molecule has 0 aliphatic heterocycles. The van der Waals surface area contributed by atoms with Crippen molar-refractivity contribution >= 4 is 18.0 Å². The molecule has 2 aromatic carbocycles. The van der Waals surface area contributed by atoms with Crippen molar-refractivity contribution in [1.82, 2.24) is 5.32 Å². The normalized spacial score (nSPS) is 14.0. The predicted octanol–water partition coefficient (Wildman–Crippen LogP) is 3.88. The van der Waals surface area contributed by atoms with Gasteiger partial charge in [-0.15, -0.1) is 0 Å². The molecule has 0 saturated carbocycles. The number of rotatable bonds is 9. The van der Waals surface area contributed by atoms with Gasteiger partial charge in [0.1, 0.15) is 18.8 Å². The van der Waals surface area contributed by atoms with E-state index in [2.05, 4.69) is 11.9 Å². The summed E-state index contributed by atoms with van der Waals surface area (Å²) < 4.78 is 10.3. The lowest BCUT2D eigenvalue weighted by Gasteiger charge is -2.26. The number of carbonyl (C=O) groups excluding carboxylic acids is 2. The molecule has 0 aromatic heterocycles. The summed E-state index contributed by atoms with van der Waals surface area (Å²) in [6.07, 6.45) is 0.262. The van der Waals surface area contributed by atoms with Crippen LogP contribution in [0.4, 0.5) is 4.79 Å². The third-order valence-electron chi connectivity index (χ3n) is 5.38. The van der Waals surface area contributed by atoms with Crippen LogP contribution < -0.4 is 5.32 Å². The molecule has 0 heterocycles. The number of carbonyl (C=O) groups is 3. The molecule has 2 aromatic rings. The molecule has 0 bridgehead atoms. The van der Waals surface area contributed by atoms with Gasteiger partial charge in [0.25, 0.3) is 0 Å². The molecule has 1 amide bonds. The fourth-order valence-corrected chi connectivity index (χ4v) is 3.66. The monoisotopic (exact) mass is 423 g/mol. The van der Waals surface area contributed by atoms with Crippen molar-refractivity contribution in [3.63, 3.8) is 0 Å². The maximum atomic E-state index is 12.4. The third kappa shape index (κ3) is 4.94. The van der Waals surface area contributed by atoms with Crippen LogP contribution in [0.3, 0.4) is 0 Å². The van der Waals surface area contributed by atoms with Crippen molar-refractivity contribution in [1.29, 1.82) is 0 Å². The number of carboxylic acid groups (broad SMARTS) is 1. The van der Waals surface area contributed by atoms with E-state index in [1.807, 2.05) is 48.5 Å². The van der Waals surface area contributed by atoms with Crippen molar-refractivity contribution in [2.24, 2.45) is 0 Å². The van der Waals surface area contributed by atoms with Gasteiger partial charge in [-0.25, -0.2) is 9.59 Å². The Morgan fingerprint density at radius 1 is 1.06 bits per heavy atom. The average Bonchev–Trinajstić information content (AvgIpc) is 3.08. The van der Waals surface area contributed by atoms with E-state index in [0.717, 1.165) is 22.3 Å². The van der Waals surface area contributed by atoms with E-state index in [4.69, 9.17) is 9.47 Å². The Balaban J connectivity index is 1.64. The van der Waals surface area contributed by atoms with E-state index in [-0.39, 0.29) is 32.0 Å². The van der Waals surface area contributed by atoms with Crippen LogP contribution in [0.5, 0.6) is 0 Å². The summed E-state index contributed by atoms with van der Waals surface area (Å²) in [7, 11) is 0. The standard InChI is InChI=1S/C24H25NO6/c1-3-14-30-21(26)12-13-24(2,22(27)28)25-23(29)31-15-20-18-10-6-4-8-16(18)17-9-5-7-11-19(17)20/h3-11,20H,1,12-15H2,2H3,(H,25,29)(H,27,28)/t24-/m0/s1. The minimum absolute atomic E-state index is 0.0441. The van der Waals surface area contributed by atoms with Crippen LogP contribution in [0.2, 0.25) is 0 Å². The molecule has 2 N–H and O–H groups in total. The minimum Gasteiger partial charge on any atom is -0.480 e. The smallest absolute Gasteiger partial charge is 0.408 e. The van der Waals surface area contributed by atoms with Crippen molar-refractivity contribution in [2.45, 2.75) is 31.2 Å². The molecule has 1 aliphatic rings. The van der Waals surface area contributed by atoms with Gasteiger partial charge in [0.2, 0.25) is 0 Å². The lowest BCUT2D eigenvalue weighted by atomic mass is 9.96. The molecule has 0 unspecified atom stereocenters. The van der Waals surface area contributed by atoms with E-state index < -0.39 is 23.6 Å². The molecule has 7 heteroatoms. The summed E-state index contributed by atoms with van der Waals surface area (Å²) in [5, 5.41) is 12.0. The molecule has 0 spiro atoms. The topological polar surface area (TPSA) is 102 Å². The van der Waals surface area contributed by atoms with Crippen LogP contribution in [0.15, 0.2) is 61.2 Å². The zero-order valence-corrected chi connectivity index (χ0v) is 17.3. The van der Waals surface area contributed by atoms with E-state index in [1.54, 1.807) is 0 Å². The lowest BCUT2D eigenvalue weighted by molar-refractivity contribution is -0.146. The highest BCUT2D eigenvalue weighted by Gasteiger charge is 2.37. The second-order valence-electron chi connectivity index (χ2n) is 7.56. The molecule has 0 radical (unpaired) electrons. The number of carboxylic acids is 1. The maximum Gasteiger partial charge on any atom is 0.408 e. The van der Waals surface area contributed by atoms with Gasteiger partial charge in [0, 0.05) is 12.3 Å². The molecule has 0 fully saturated rings. The number of ether oxygens (including phenoxy) is 2. The SMILES string of the molecule is C=CCOC(=O)CC[C@](C)(NC(=O)OCC1c2ccccc2-c2ccccc21)C(=O)O. The van der Waals surface area contributed by atoms with E-state index >= 15 is 0 Å². The highest BCUT2D eigenvalue weighted by molar-refractivity contribution is 5.85. The second kappa shape index (κ2) is 9.47. The highest BCUT2D eigenvalue weighted by Crippen LogP contribution is 2.44. The van der Waals surface area contributed by atoms with Gasteiger partial charge in [-0.2, -0.15) is 0 Å². The van der Waals surface area contributed by atoms with Crippen LogP contribution in [-0.2, 0) is 19.1 Å². The van der Waals surface area contributed by atoms with Crippen molar-refractivity contribution in [2.75, 3.05) is 13.2 Å². The van der Waals surface area contributed by atoms with Crippen molar-refractivity contribution < 1.29 is 29.0 Å². The Labute approximate surface area is 180 Å². The van der Waals surface area contributed by atoms with Crippen LogP contribution in [0, 0.1) is 0 Å². The van der Waals surface area contributed by atoms with E-state index in [1.165, 1.54) is 13.0 Å². The average molecular weight is 423 g/mol. The maximum absolute atomic E-state index is 12.4. The Hall–Kier alpha value is -3.61. The first kappa shape index (κ1) is 22.1.